The van der Waals surface area contributed by atoms with Gasteiger partial charge in [-0.05, 0) is 38.0 Å². The molecule has 10 nitrogen and oxygen atoms in total. The van der Waals surface area contributed by atoms with Crippen LogP contribution < -0.4 is 20.7 Å². The number of amides is 2. The van der Waals surface area contributed by atoms with E-state index in [2.05, 4.69) is 36.1 Å². The zero-order chi connectivity index (χ0) is 22.7. The van der Waals surface area contributed by atoms with Gasteiger partial charge in [0.05, 0.1) is 24.0 Å². The highest BCUT2D eigenvalue weighted by molar-refractivity contribution is 6.00. The number of aryl methyl sites for hydroxylation is 1. The van der Waals surface area contributed by atoms with Crippen LogP contribution in [0.4, 0.5) is 17.2 Å². The maximum absolute atomic E-state index is 12.4. The summed E-state index contributed by atoms with van der Waals surface area (Å²) in [4.78, 5) is 33.3. The summed E-state index contributed by atoms with van der Waals surface area (Å²) in [5.74, 6) is 0.766. The van der Waals surface area contributed by atoms with Crippen LogP contribution >= 0.6 is 0 Å². The third-order valence-corrected chi connectivity index (χ3v) is 4.96. The molecule has 0 radical (unpaired) electrons. The van der Waals surface area contributed by atoms with Gasteiger partial charge in [-0.25, -0.2) is 9.97 Å². The summed E-state index contributed by atoms with van der Waals surface area (Å²) in [6.45, 7) is 1.88. The molecular formula is C22H23N7O3. The molecule has 1 saturated carbocycles. The predicted molar refractivity (Wildman–Crippen MR) is 119 cm³/mol. The van der Waals surface area contributed by atoms with Crippen molar-refractivity contribution in [1.82, 2.24) is 25.5 Å². The van der Waals surface area contributed by atoms with Crippen molar-refractivity contribution in [2.45, 2.75) is 19.8 Å². The quantitative estimate of drug-likeness (QED) is 0.518. The number of nitrogens with one attached hydrogen (secondary N) is 3. The number of carbonyl (C=O) groups is 2. The first-order valence-electron chi connectivity index (χ1n) is 10.1. The van der Waals surface area contributed by atoms with E-state index < -0.39 is 5.91 Å². The molecule has 4 rings (SSSR count). The van der Waals surface area contributed by atoms with Crippen molar-refractivity contribution in [2.75, 3.05) is 24.8 Å². The number of para-hydroxylation sites is 1. The Hall–Kier alpha value is -4.08. The lowest BCUT2D eigenvalue weighted by Gasteiger charge is -2.16. The molecular weight excluding hydrogens is 410 g/mol. The lowest BCUT2D eigenvalue weighted by Crippen LogP contribution is -2.22. The molecule has 0 spiro atoms. The maximum Gasteiger partial charge on any atom is 0.273 e. The summed E-state index contributed by atoms with van der Waals surface area (Å²) in [6.07, 6.45) is 3.42. The molecule has 0 aliphatic heterocycles. The monoisotopic (exact) mass is 433 g/mol. The Labute approximate surface area is 184 Å². The van der Waals surface area contributed by atoms with Gasteiger partial charge in [0.25, 0.3) is 5.91 Å². The minimum Gasteiger partial charge on any atom is -0.494 e. The summed E-state index contributed by atoms with van der Waals surface area (Å²) in [5.41, 5.74) is 2.54. The van der Waals surface area contributed by atoms with Crippen LogP contribution in [0.15, 0.2) is 36.5 Å². The van der Waals surface area contributed by atoms with E-state index >= 15 is 0 Å². The van der Waals surface area contributed by atoms with Crippen LogP contribution in [0.1, 0.15) is 29.0 Å². The van der Waals surface area contributed by atoms with Crippen molar-refractivity contribution in [2.24, 2.45) is 5.92 Å². The highest BCUT2D eigenvalue weighted by Gasteiger charge is 2.30. The highest BCUT2D eigenvalue weighted by atomic mass is 16.5. The number of aromatic nitrogens is 4. The fraction of sp³-hybridized carbons (Fsp3) is 0.273. The molecule has 3 aromatic rings. The van der Waals surface area contributed by atoms with Crippen molar-refractivity contribution < 1.29 is 14.3 Å². The number of hydrogen-bond acceptors (Lipinski definition) is 8. The Balaban J connectivity index is 1.72. The normalized spacial score (nSPS) is 12.7. The van der Waals surface area contributed by atoms with Gasteiger partial charge in [0, 0.05) is 30.9 Å². The summed E-state index contributed by atoms with van der Waals surface area (Å²) >= 11 is 0. The van der Waals surface area contributed by atoms with E-state index in [1.54, 1.807) is 25.4 Å². The zero-order valence-electron chi connectivity index (χ0n) is 18.0. The van der Waals surface area contributed by atoms with Gasteiger partial charge < -0.3 is 20.7 Å². The third-order valence-electron chi connectivity index (χ3n) is 4.96. The van der Waals surface area contributed by atoms with Gasteiger partial charge in [0.15, 0.2) is 23.1 Å². The average Bonchev–Trinajstić information content (AvgIpc) is 3.64. The van der Waals surface area contributed by atoms with E-state index in [1.807, 2.05) is 25.1 Å². The SMILES string of the molecule is CNC(=O)c1nnc(NC(=O)C2CC2)cc1Nc1cccc(-c2nccc(C)n2)c1OC. The maximum atomic E-state index is 12.4. The molecule has 1 aliphatic carbocycles. The third kappa shape index (κ3) is 4.48. The van der Waals surface area contributed by atoms with E-state index in [-0.39, 0.29) is 23.3 Å². The minimum atomic E-state index is -0.419. The zero-order valence-corrected chi connectivity index (χ0v) is 18.0. The fourth-order valence-corrected chi connectivity index (χ4v) is 3.16. The molecule has 32 heavy (non-hydrogen) atoms. The smallest absolute Gasteiger partial charge is 0.273 e. The molecule has 1 aliphatic rings. The van der Waals surface area contributed by atoms with Gasteiger partial charge in [0.1, 0.15) is 0 Å². The van der Waals surface area contributed by atoms with Crippen LogP contribution in [0, 0.1) is 12.8 Å². The van der Waals surface area contributed by atoms with Gasteiger partial charge in [0.2, 0.25) is 5.91 Å². The standard InChI is InChI=1S/C22H23N7O3/c1-12-9-10-24-20(25-12)14-5-4-6-15(19(14)32-3)26-16-11-17(27-21(30)13-7-8-13)28-29-18(16)22(31)23-2/h4-6,9-11,13H,7-8H2,1-3H3,(H,23,31)(H2,26,27,28,30). The number of rotatable bonds is 7. The number of methoxy groups -OCH3 is 1. The highest BCUT2D eigenvalue weighted by Crippen LogP contribution is 2.37. The van der Waals surface area contributed by atoms with Gasteiger partial charge in [-0.2, -0.15) is 0 Å². The molecule has 1 aromatic carbocycles. The summed E-state index contributed by atoms with van der Waals surface area (Å²) in [5, 5.41) is 16.5. The van der Waals surface area contributed by atoms with Crippen LogP contribution in [-0.2, 0) is 4.79 Å². The lowest BCUT2D eigenvalue weighted by molar-refractivity contribution is -0.117. The fourth-order valence-electron chi connectivity index (χ4n) is 3.16. The van der Waals surface area contributed by atoms with Crippen molar-refractivity contribution in [3.8, 4) is 17.1 Å². The molecule has 2 aromatic heterocycles. The van der Waals surface area contributed by atoms with Gasteiger partial charge in [-0.15, -0.1) is 10.2 Å². The van der Waals surface area contributed by atoms with E-state index in [9.17, 15) is 9.59 Å². The second-order valence-electron chi connectivity index (χ2n) is 7.37. The van der Waals surface area contributed by atoms with Crippen LogP contribution in [0.2, 0.25) is 0 Å². The topological polar surface area (TPSA) is 131 Å². The largest absolute Gasteiger partial charge is 0.494 e. The lowest BCUT2D eigenvalue weighted by atomic mass is 10.1. The molecule has 2 heterocycles. The molecule has 0 unspecified atom stereocenters. The van der Waals surface area contributed by atoms with Gasteiger partial charge >= 0.3 is 0 Å². The van der Waals surface area contributed by atoms with Crippen LogP contribution in [-0.4, -0.2) is 46.1 Å². The molecule has 0 bridgehead atoms. The molecule has 10 heteroatoms. The molecule has 0 atom stereocenters. The summed E-state index contributed by atoms with van der Waals surface area (Å²) in [7, 11) is 3.05. The van der Waals surface area contributed by atoms with Crippen LogP contribution in [0.5, 0.6) is 5.75 Å². The Morgan fingerprint density at radius 2 is 1.94 bits per heavy atom. The van der Waals surface area contributed by atoms with Crippen LogP contribution in [0.25, 0.3) is 11.4 Å². The molecule has 2 amide bonds. The van der Waals surface area contributed by atoms with E-state index in [1.165, 1.54) is 7.05 Å². The van der Waals surface area contributed by atoms with E-state index in [4.69, 9.17) is 4.74 Å². The first kappa shape index (κ1) is 21.2. The van der Waals surface area contributed by atoms with Gasteiger partial charge in [-0.3, -0.25) is 9.59 Å². The Morgan fingerprint density at radius 3 is 2.62 bits per heavy atom. The number of ether oxygens (including phenoxy) is 1. The average molecular weight is 433 g/mol. The minimum absolute atomic E-state index is 0.0120. The van der Waals surface area contributed by atoms with Crippen LogP contribution in [0.3, 0.4) is 0 Å². The number of anilines is 3. The van der Waals surface area contributed by atoms with Crippen molar-refractivity contribution >= 4 is 29.0 Å². The molecule has 164 valence electrons. The summed E-state index contributed by atoms with van der Waals surface area (Å²) < 4.78 is 5.66. The molecule has 1 fully saturated rings. The molecule has 0 saturated heterocycles. The van der Waals surface area contributed by atoms with Crippen molar-refractivity contribution in [3.05, 3.63) is 47.9 Å². The first-order chi connectivity index (χ1) is 15.5. The van der Waals surface area contributed by atoms with E-state index in [0.717, 1.165) is 18.5 Å². The molecule has 3 N–H and O–H groups in total. The van der Waals surface area contributed by atoms with Crippen molar-refractivity contribution in [1.29, 1.82) is 0 Å². The number of benzene rings is 1. The second kappa shape index (κ2) is 8.96. The predicted octanol–water partition coefficient (Wildman–Crippen LogP) is 2.70. The Kier molecular flexibility index (Phi) is 5.93. The number of hydrogen-bond donors (Lipinski definition) is 3. The first-order valence-corrected chi connectivity index (χ1v) is 10.1. The second-order valence-corrected chi connectivity index (χ2v) is 7.37. The van der Waals surface area contributed by atoms with Gasteiger partial charge in [-0.1, -0.05) is 6.07 Å². The van der Waals surface area contributed by atoms with E-state index in [0.29, 0.717) is 28.5 Å². The number of carbonyl (C=O) groups excluding carboxylic acids is 2. The van der Waals surface area contributed by atoms with Crippen molar-refractivity contribution in [3.63, 3.8) is 0 Å². The Bertz CT molecular complexity index is 1180. The number of nitrogens with zero attached hydrogens (tertiary/aromatic N) is 4. The summed E-state index contributed by atoms with van der Waals surface area (Å²) in [6, 6.07) is 8.87. The Morgan fingerprint density at radius 1 is 1.12 bits per heavy atom.